The van der Waals surface area contributed by atoms with Crippen molar-refractivity contribution in [3.05, 3.63) is 29.8 Å². The molecule has 0 bridgehead atoms. The number of carboxylic acid groups (broad SMARTS) is 1. The first kappa shape index (κ1) is 15.5. The first-order valence-electron chi connectivity index (χ1n) is 6.00. The van der Waals surface area contributed by atoms with Crippen molar-refractivity contribution in [3.63, 3.8) is 0 Å². The number of nitrogens with zero attached hydrogens (tertiary/aromatic N) is 1. The van der Waals surface area contributed by atoms with Crippen LogP contribution in [-0.2, 0) is 4.79 Å². The van der Waals surface area contributed by atoms with Gasteiger partial charge in [-0.25, -0.2) is 9.59 Å². The Morgan fingerprint density at radius 2 is 1.80 bits per heavy atom. The second-order valence-corrected chi connectivity index (χ2v) is 4.50. The Balaban J connectivity index is 2.77. The largest absolute Gasteiger partial charge is 0.478 e. The summed E-state index contributed by atoms with van der Waals surface area (Å²) in [6, 6.07) is 5.05. The lowest BCUT2D eigenvalue weighted by Gasteiger charge is -2.25. The fourth-order valence-electron chi connectivity index (χ4n) is 1.55. The number of benzene rings is 1. The van der Waals surface area contributed by atoms with E-state index in [1.54, 1.807) is 13.8 Å². The number of urea groups is 1. The molecule has 20 heavy (non-hydrogen) atoms. The van der Waals surface area contributed by atoms with Crippen molar-refractivity contribution < 1.29 is 19.5 Å². The number of hydrogen-bond donors (Lipinski definition) is 3. The first-order valence-corrected chi connectivity index (χ1v) is 6.00. The third kappa shape index (κ3) is 4.27. The number of hydrogen-bond acceptors (Lipinski definition) is 3. The van der Waals surface area contributed by atoms with Crippen molar-refractivity contribution in [1.82, 2.24) is 4.90 Å². The van der Waals surface area contributed by atoms with Gasteiger partial charge in [0.05, 0.1) is 5.56 Å². The van der Waals surface area contributed by atoms with Crippen LogP contribution in [0.1, 0.15) is 24.2 Å². The minimum atomic E-state index is -1.04. The van der Waals surface area contributed by atoms with Crippen LogP contribution in [0.25, 0.3) is 0 Å². The fraction of sp³-hybridized carbons (Fsp3) is 0.308. The van der Waals surface area contributed by atoms with Crippen LogP contribution in [0.2, 0.25) is 0 Å². The quantitative estimate of drug-likeness (QED) is 0.749. The summed E-state index contributed by atoms with van der Waals surface area (Å²) in [5.74, 6) is -1.64. The van der Waals surface area contributed by atoms with Crippen LogP contribution in [0, 0.1) is 0 Å². The van der Waals surface area contributed by atoms with E-state index in [9.17, 15) is 14.4 Å². The van der Waals surface area contributed by atoms with Gasteiger partial charge in [-0.15, -0.1) is 0 Å². The number of rotatable bonds is 5. The summed E-state index contributed by atoms with van der Waals surface area (Å²) >= 11 is 0. The molecule has 0 spiro atoms. The van der Waals surface area contributed by atoms with E-state index in [-0.39, 0.29) is 18.2 Å². The number of nitrogens with one attached hydrogen (secondary N) is 1. The topological polar surface area (TPSA) is 113 Å². The molecule has 0 atom stereocenters. The van der Waals surface area contributed by atoms with Crippen molar-refractivity contribution in [2.24, 2.45) is 5.73 Å². The molecule has 7 heteroatoms. The molecule has 0 aromatic heterocycles. The van der Waals surface area contributed by atoms with Crippen LogP contribution < -0.4 is 11.1 Å². The van der Waals surface area contributed by atoms with Crippen LogP contribution in [0.15, 0.2) is 24.3 Å². The Bertz CT molecular complexity index is 511. The van der Waals surface area contributed by atoms with Gasteiger partial charge in [-0.1, -0.05) is 0 Å². The zero-order chi connectivity index (χ0) is 15.3. The van der Waals surface area contributed by atoms with Crippen LogP contribution in [-0.4, -0.2) is 40.5 Å². The number of amides is 3. The average Bonchev–Trinajstić information content (AvgIpc) is 2.35. The van der Waals surface area contributed by atoms with Crippen molar-refractivity contribution in [1.29, 1.82) is 0 Å². The number of anilines is 1. The van der Waals surface area contributed by atoms with Gasteiger partial charge in [0.2, 0.25) is 5.91 Å². The number of carbonyl (C=O) groups excluding carboxylic acids is 2. The Hall–Kier alpha value is -2.57. The summed E-state index contributed by atoms with van der Waals surface area (Å²) in [7, 11) is 0. The van der Waals surface area contributed by atoms with Gasteiger partial charge in [0, 0.05) is 11.7 Å². The predicted molar refractivity (Wildman–Crippen MR) is 73.5 cm³/mol. The molecule has 0 saturated carbocycles. The van der Waals surface area contributed by atoms with Gasteiger partial charge in [0.15, 0.2) is 0 Å². The summed E-state index contributed by atoms with van der Waals surface area (Å²) in [6.07, 6.45) is 0. The summed E-state index contributed by atoms with van der Waals surface area (Å²) in [6.45, 7) is 3.34. The monoisotopic (exact) mass is 279 g/mol. The summed E-state index contributed by atoms with van der Waals surface area (Å²) in [5, 5.41) is 11.4. The summed E-state index contributed by atoms with van der Waals surface area (Å²) in [5.41, 5.74) is 5.66. The maximum Gasteiger partial charge on any atom is 0.335 e. The molecule has 1 aromatic rings. The highest BCUT2D eigenvalue weighted by Gasteiger charge is 2.19. The second kappa shape index (κ2) is 6.55. The van der Waals surface area contributed by atoms with E-state index in [1.165, 1.54) is 29.2 Å². The molecule has 0 radical (unpaired) electrons. The maximum atomic E-state index is 12.0. The average molecular weight is 279 g/mol. The molecular formula is C13H17N3O4. The van der Waals surface area contributed by atoms with Crippen molar-refractivity contribution in [3.8, 4) is 0 Å². The lowest BCUT2D eigenvalue weighted by Crippen LogP contribution is -2.44. The normalized spacial score (nSPS) is 10.2. The van der Waals surface area contributed by atoms with Gasteiger partial charge in [-0.2, -0.15) is 0 Å². The molecule has 108 valence electrons. The van der Waals surface area contributed by atoms with Gasteiger partial charge in [0.25, 0.3) is 0 Å². The zero-order valence-corrected chi connectivity index (χ0v) is 11.3. The molecule has 0 aliphatic heterocycles. The molecular weight excluding hydrogens is 262 g/mol. The molecule has 0 unspecified atom stereocenters. The second-order valence-electron chi connectivity index (χ2n) is 4.50. The lowest BCUT2D eigenvalue weighted by atomic mass is 10.2. The molecule has 1 rings (SSSR count). The molecule has 0 aliphatic rings. The molecule has 0 aliphatic carbocycles. The number of aromatic carboxylic acids is 1. The third-order valence-corrected chi connectivity index (χ3v) is 2.59. The van der Waals surface area contributed by atoms with Crippen molar-refractivity contribution in [2.75, 3.05) is 11.9 Å². The van der Waals surface area contributed by atoms with Gasteiger partial charge >= 0.3 is 12.0 Å². The number of nitrogens with two attached hydrogens (primary N) is 1. The fourth-order valence-corrected chi connectivity index (χ4v) is 1.55. The third-order valence-electron chi connectivity index (χ3n) is 2.59. The molecule has 0 saturated heterocycles. The van der Waals surface area contributed by atoms with E-state index >= 15 is 0 Å². The number of primary amides is 1. The highest BCUT2D eigenvalue weighted by atomic mass is 16.4. The van der Waals surface area contributed by atoms with Gasteiger partial charge < -0.3 is 21.1 Å². The summed E-state index contributed by atoms with van der Waals surface area (Å²) in [4.78, 5) is 34.9. The molecule has 0 fully saturated rings. The lowest BCUT2D eigenvalue weighted by molar-refractivity contribution is -0.118. The Morgan fingerprint density at radius 1 is 1.25 bits per heavy atom. The highest BCUT2D eigenvalue weighted by Crippen LogP contribution is 2.11. The first-order chi connectivity index (χ1) is 9.31. The zero-order valence-electron chi connectivity index (χ0n) is 11.3. The van der Waals surface area contributed by atoms with E-state index < -0.39 is 17.9 Å². The van der Waals surface area contributed by atoms with E-state index in [4.69, 9.17) is 10.8 Å². The smallest absolute Gasteiger partial charge is 0.335 e. The van der Waals surface area contributed by atoms with Crippen LogP contribution >= 0.6 is 0 Å². The predicted octanol–water partition coefficient (Wildman–Crippen LogP) is 1.11. The van der Waals surface area contributed by atoms with Crippen molar-refractivity contribution in [2.45, 2.75) is 19.9 Å². The Labute approximate surface area is 116 Å². The maximum absolute atomic E-state index is 12.0. The molecule has 4 N–H and O–H groups in total. The molecule has 7 nitrogen and oxygen atoms in total. The van der Waals surface area contributed by atoms with Crippen LogP contribution in [0.5, 0.6) is 0 Å². The number of carboxylic acids is 1. The Kier molecular flexibility index (Phi) is 5.08. The SMILES string of the molecule is CC(C)N(CC(N)=O)C(=O)Nc1ccc(C(=O)O)cc1. The van der Waals surface area contributed by atoms with Crippen molar-refractivity contribution >= 4 is 23.6 Å². The summed E-state index contributed by atoms with van der Waals surface area (Å²) < 4.78 is 0. The molecule has 0 heterocycles. The van der Waals surface area contributed by atoms with Crippen LogP contribution in [0.3, 0.4) is 0 Å². The standard InChI is InChI=1S/C13H17N3O4/c1-8(2)16(7-11(14)17)13(20)15-10-5-3-9(4-6-10)12(18)19/h3-6,8H,7H2,1-2H3,(H2,14,17)(H,15,20)(H,18,19). The van der Waals surface area contributed by atoms with Gasteiger partial charge in [0.1, 0.15) is 6.54 Å². The van der Waals surface area contributed by atoms with Gasteiger partial charge in [-0.05, 0) is 38.1 Å². The van der Waals surface area contributed by atoms with Gasteiger partial charge in [-0.3, -0.25) is 4.79 Å². The van der Waals surface area contributed by atoms with E-state index in [0.717, 1.165) is 0 Å². The number of carbonyl (C=O) groups is 3. The van der Waals surface area contributed by atoms with E-state index in [2.05, 4.69) is 5.32 Å². The van der Waals surface area contributed by atoms with E-state index in [1.807, 2.05) is 0 Å². The molecule has 1 aromatic carbocycles. The van der Waals surface area contributed by atoms with Crippen LogP contribution in [0.4, 0.5) is 10.5 Å². The molecule has 3 amide bonds. The minimum absolute atomic E-state index is 0.126. The minimum Gasteiger partial charge on any atom is -0.478 e. The highest BCUT2D eigenvalue weighted by molar-refractivity contribution is 5.93. The Morgan fingerprint density at radius 3 is 2.20 bits per heavy atom. The van der Waals surface area contributed by atoms with E-state index in [0.29, 0.717) is 5.69 Å².